The number of carbonyl (C=O) groups is 3. The third kappa shape index (κ3) is 66.1. The third-order valence-electron chi connectivity index (χ3n) is 15.8. The van der Waals surface area contributed by atoms with Gasteiger partial charge in [0.05, 0.1) is 0 Å². The maximum absolute atomic E-state index is 13.0. The minimum atomic E-state index is -0.777. The molecule has 0 amide bonds. The zero-order valence-corrected chi connectivity index (χ0v) is 53.2. The van der Waals surface area contributed by atoms with E-state index in [1.54, 1.807) is 0 Å². The number of esters is 3. The number of rotatable bonds is 65. The Morgan fingerprint density at radius 1 is 0.253 bits per heavy atom. The summed E-state index contributed by atoms with van der Waals surface area (Å²) in [6.07, 6.45) is 85.6. The number of hydrogen-bond acceptors (Lipinski definition) is 6. The van der Waals surface area contributed by atoms with Crippen molar-refractivity contribution in [1.82, 2.24) is 0 Å². The fourth-order valence-corrected chi connectivity index (χ4v) is 10.5. The summed E-state index contributed by atoms with van der Waals surface area (Å²) in [5.74, 6) is -0.859. The van der Waals surface area contributed by atoms with Crippen molar-refractivity contribution in [3.63, 3.8) is 0 Å². The highest BCUT2D eigenvalue weighted by molar-refractivity contribution is 5.71. The largest absolute Gasteiger partial charge is 0.462 e. The smallest absolute Gasteiger partial charge is 0.306 e. The van der Waals surface area contributed by atoms with Crippen molar-refractivity contribution in [2.45, 2.75) is 386 Å². The molecular formula is C73H134O6. The molecule has 0 heterocycles. The lowest BCUT2D eigenvalue weighted by Crippen LogP contribution is -2.30. The second-order valence-corrected chi connectivity index (χ2v) is 23.8. The van der Waals surface area contributed by atoms with Gasteiger partial charge in [-0.05, 0) is 83.5 Å². The van der Waals surface area contributed by atoms with Gasteiger partial charge >= 0.3 is 17.9 Å². The van der Waals surface area contributed by atoms with Crippen molar-refractivity contribution >= 4 is 17.9 Å². The lowest BCUT2D eigenvalue weighted by atomic mass is 10.0. The van der Waals surface area contributed by atoms with Crippen molar-refractivity contribution in [3.05, 3.63) is 48.6 Å². The molecule has 0 bridgehead atoms. The van der Waals surface area contributed by atoms with E-state index < -0.39 is 6.10 Å². The zero-order valence-electron chi connectivity index (χ0n) is 53.2. The highest BCUT2D eigenvalue weighted by Gasteiger charge is 2.19. The predicted octanol–water partition coefficient (Wildman–Crippen LogP) is 24.1. The molecule has 0 aromatic rings. The molecule has 0 saturated carbocycles. The van der Waals surface area contributed by atoms with Crippen LogP contribution in [0.5, 0.6) is 0 Å². The van der Waals surface area contributed by atoms with E-state index in [2.05, 4.69) is 69.4 Å². The van der Waals surface area contributed by atoms with Gasteiger partial charge in [0, 0.05) is 19.3 Å². The van der Waals surface area contributed by atoms with Crippen LogP contribution in [0.2, 0.25) is 0 Å². The molecule has 0 radical (unpaired) electrons. The van der Waals surface area contributed by atoms with Crippen LogP contribution in [0, 0.1) is 0 Å². The average molecular weight is 1110 g/mol. The van der Waals surface area contributed by atoms with Gasteiger partial charge in [-0.25, -0.2) is 0 Å². The van der Waals surface area contributed by atoms with Gasteiger partial charge in [0.1, 0.15) is 13.2 Å². The second-order valence-electron chi connectivity index (χ2n) is 23.8. The van der Waals surface area contributed by atoms with Crippen molar-refractivity contribution in [2.24, 2.45) is 0 Å². The Hall–Kier alpha value is -2.63. The molecule has 6 nitrogen and oxygen atoms in total. The summed E-state index contributed by atoms with van der Waals surface area (Å²) < 4.78 is 17.0. The lowest BCUT2D eigenvalue weighted by molar-refractivity contribution is -0.167. The average Bonchev–Trinajstić information content (AvgIpc) is 3.45. The standard InChI is InChI=1S/C73H134O6/c1-4-7-10-13-16-19-22-25-28-30-32-34-35-36-37-39-40-42-45-48-51-54-57-60-63-66-72(75)78-69-70(68-77-71(74)65-62-59-56-53-50-47-44-27-24-21-18-15-12-9-6-3)79-73(76)67-64-61-58-55-52-49-46-43-41-38-33-31-29-26-23-20-17-14-11-8-5-2/h22,25,27,30,32,35-36,44,70H,4-21,23-24,26,28-29,31,33-34,37-43,45-69H2,1-3H3/b25-22-,32-30-,36-35-,44-27-. The van der Waals surface area contributed by atoms with E-state index >= 15 is 0 Å². The fourth-order valence-electron chi connectivity index (χ4n) is 10.5. The summed E-state index contributed by atoms with van der Waals surface area (Å²) in [6, 6.07) is 0. The number of ether oxygens (including phenoxy) is 3. The first-order valence-corrected chi connectivity index (χ1v) is 35.1. The predicted molar refractivity (Wildman–Crippen MR) is 344 cm³/mol. The fraction of sp³-hybridized carbons (Fsp3) is 0.849. The van der Waals surface area contributed by atoms with Gasteiger partial charge in [-0.15, -0.1) is 0 Å². The van der Waals surface area contributed by atoms with E-state index in [0.29, 0.717) is 19.3 Å². The zero-order chi connectivity index (χ0) is 57.1. The van der Waals surface area contributed by atoms with E-state index in [0.717, 1.165) is 77.0 Å². The maximum Gasteiger partial charge on any atom is 0.306 e. The Labute approximate surface area is 492 Å². The number of carbonyl (C=O) groups excluding carboxylic acids is 3. The summed E-state index contributed by atoms with van der Waals surface area (Å²) in [5.41, 5.74) is 0. The van der Waals surface area contributed by atoms with Crippen LogP contribution in [-0.2, 0) is 28.6 Å². The Bertz CT molecular complexity index is 1360. The van der Waals surface area contributed by atoms with Crippen LogP contribution in [0.15, 0.2) is 48.6 Å². The molecule has 6 heteroatoms. The Kier molecular flexibility index (Phi) is 65.6. The third-order valence-corrected chi connectivity index (χ3v) is 15.8. The minimum Gasteiger partial charge on any atom is -0.462 e. The van der Waals surface area contributed by atoms with E-state index in [-0.39, 0.29) is 31.1 Å². The Morgan fingerprint density at radius 2 is 0.456 bits per heavy atom. The number of unbranched alkanes of at least 4 members (excludes halogenated alkanes) is 46. The van der Waals surface area contributed by atoms with E-state index in [1.165, 1.54) is 263 Å². The monoisotopic (exact) mass is 1110 g/mol. The van der Waals surface area contributed by atoms with E-state index in [1.807, 2.05) is 0 Å². The number of allylic oxidation sites excluding steroid dienone is 8. The molecule has 0 aromatic carbocycles. The van der Waals surface area contributed by atoms with Gasteiger partial charge in [0.15, 0.2) is 6.10 Å². The summed E-state index contributed by atoms with van der Waals surface area (Å²) in [5, 5.41) is 0. The van der Waals surface area contributed by atoms with Crippen molar-refractivity contribution < 1.29 is 28.6 Å². The van der Waals surface area contributed by atoms with E-state index in [4.69, 9.17) is 14.2 Å². The number of hydrogen-bond donors (Lipinski definition) is 0. The van der Waals surface area contributed by atoms with Gasteiger partial charge in [-0.3, -0.25) is 14.4 Å². The van der Waals surface area contributed by atoms with Crippen LogP contribution in [0.25, 0.3) is 0 Å². The Balaban J connectivity index is 4.30. The van der Waals surface area contributed by atoms with Gasteiger partial charge in [0.25, 0.3) is 0 Å². The first-order valence-electron chi connectivity index (χ1n) is 35.1. The van der Waals surface area contributed by atoms with Gasteiger partial charge in [-0.1, -0.05) is 326 Å². The molecule has 0 saturated heterocycles. The normalized spacial score (nSPS) is 12.3. The lowest BCUT2D eigenvalue weighted by Gasteiger charge is -2.18. The summed E-state index contributed by atoms with van der Waals surface area (Å²) in [4.78, 5) is 38.4. The quantitative estimate of drug-likeness (QED) is 0.0261. The molecule has 0 aromatic heterocycles. The molecule has 79 heavy (non-hydrogen) atoms. The van der Waals surface area contributed by atoms with Gasteiger partial charge < -0.3 is 14.2 Å². The van der Waals surface area contributed by atoms with Gasteiger partial charge in [0.2, 0.25) is 0 Å². The van der Waals surface area contributed by atoms with Crippen LogP contribution in [0.3, 0.4) is 0 Å². The van der Waals surface area contributed by atoms with Crippen LogP contribution >= 0.6 is 0 Å². The summed E-state index contributed by atoms with van der Waals surface area (Å²) in [6.45, 7) is 6.68. The van der Waals surface area contributed by atoms with Crippen LogP contribution in [0.1, 0.15) is 380 Å². The SMILES string of the molecule is CCCCCCC/C=C\C/C=C\C/C=C\CCCCCCCCCCCCC(=O)OCC(COC(=O)CCCCCCC/C=C\CCCCCCCC)OC(=O)CCCCCCCCCCCCCCCCCCCCCCC. The summed E-state index contributed by atoms with van der Waals surface area (Å²) >= 11 is 0. The van der Waals surface area contributed by atoms with E-state index in [9.17, 15) is 14.4 Å². The highest BCUT2D eigenvalue weighted by atomic mass is 16.6. The molecule has 0 N–H and O–H groups in total. The molecule has 0 aliphatic carbocycles. The van der Waals surface area contributed by atoms with Crippen molar-refractivity contribution in [2.75, 3.05) is 13.2 Å². The molecule has 462 valence electrons. The molecule has 0 rings (SSSR count). The Morgan fingerprint density at radius 3 is 0.722 bits per heavy atom. The van der Waals surface area contributed by atoms with Crippen LogP contribution in [-0.4, -0.2) is 37.2 Å². The topological polar surface area (TPSA) is 78.9 Å². The molecule has 1 atom stereocenters. The first-order chi connectivity index (χ1) is 39.0. The summed E-state index contributed by atoms with van der Waals surface area (Å²) in [7, 11) is 0. The molecule has 0 fully saturated rings. The van der Waals surface area contributed by atoms with Crippen LogP contribution in [0.4, 0.5) is 0 Å². The van der Waals surface area contributed by atoms with Crippen LogP contribution < -0.4 is 0 Å². The molecule has 1 unspecified atom stereocenters. The minimum absolute atomic E-state index is 0.0738. The maximum atomic E-state index is 13.0. The second kappa shape index (κ2) is 67.9. The van der Waals surface area contributed by atoms with Gasteiger partial charge in [-0.2, -0.15) is 0 Å². The molecule has 0 aliphatic heterocycles. The molecule has 0 spiro atoms. The highest BCUT2D eigenvalue weighted by Crippen LogP contribution is 2.18. The molecule has 0 aliphatic rings. The van der Waals surface area contributed by atoms with Crippen molar-refractivity contribution in [1.29, 1.82) is 0 Å². The van der Waals surface area contributed by atoms with Crippen molar-refractivity contribution in [3.8, 4) is 0 Å². The first kappa shape index (κ1) is 76.4. The molecular weight excluding hydrogens is 973 g/mol.